The van der Waals surface area contributed by atoms with Crippen LogP contribution in [0.1, 0.15) is 38.5 Å². The molecule has 1 fully saturated rings. The van der Waals surface area contributed by atoms with E-state index >= 15 is 0 Å². The standard InChI is InChI=1S/C12H15N5O4.C4H5NO3/c13-16-15-9-5-6-10(11(8-9)17(20)21)14-7-3-1-2-4-12(18)19;6-3-1-2-4(7)5(3)8/h5-6,8,14H,1-4,7H2,(H,18,19);8H,1-2H2. The second kappa shape index (κ2) is 11.9. The van der Waals surface area contributed by atoms with E-state index in [1.54, 1.807) is 0 Å². The van der Waals surface area contributed by atoms with Crippen LogP contribution >= 0.6 is 0 Å². The Balaban J connectivity index is 0.000000436. The smallest absolute Gasteiger partial charge is 0.303 e. The molecule has 1 aromatic carbocycles. The molecular formula is C16H20N6O7. The highest BCUT2D eigenvalue weighted by molar-refractivity contribution is 6.00. The molecule has 0 aromatic heterocycles. The van der Waals surface area contributed by atoms with Crippen molar-refractivity contribution < 1.29 is 29.6 Å². The van der Waals surface area contributed by atoms with Gasteiger partial charge in [-0.1, -0.05) is 17.6 Å². The Hall–Kier alpha value is -3.70. The number of nitrogens with zero attached hydrogens (tertiary/aromatic N) is 5. The van der Waals surface area contributed by atoms with Gasteiger partial charge in [-0.05, 0) is 24.4 Å². The summed E-state index contributed by atoms with van der Waals surface area (Å²) in [5, 5.41) is 34.3. The minimum atomic E-state index is -0.827. The summed E-state index contributed by atoms with van der Waals surface area (Å²) in [7, 11) is 0. The van der Waals surface area contributed by atoms with E-state index < -0.39 is 22.7 Å². The zero-order valence-corrected chi connectivity index (χ0v) is 15.4. The number of unbranched alkanes of at least 4 members (excludes halogenated alkanes) is 2. The molecule has 1 aromatic rings. The summed E-state index contributed by atoms with van der Waals surface area (Å²) in [5.74, 6) is -1.84. The SMILES string of the molecule is O=C1CCC(=O)N1O.[N-]=[N+]=Nc1ccc(NCCCCCC(=O)O)c([N+](=O)[O-])c1. The Bertz CT molecular complexity index is 806. The number of carbonyl (C=O) groups is 3. The molecule has 0 spiro atoms. The van der Waals surface area contributed by atoms with Gasteiger partial charge in [0.1, 0.15) is 5.69 Å². The number of benzene rings is 1. The molecule has 2 amide bonds. The molecule has 3 N–H and O–H groups in total. The van der Waals surface area contributed by atoms with Gasteiger partial charge in [0.2, 0.25) is 0 Å². The molecule has 1 aliphatic rings. The number of aliphatic carboxylic acids is 1. The van der Waals surface area contributed by atoms with Gasteiger partial charge in [0.05, 0.1) is 4.92 Å². The van der Waals surface area contributed by atoms with Gasteiger partial charge in [-0.25, -0.2) is 0 Å². The van der Waals surface area contributed by atoms with Crippen molar-refractivity contribution >= 4 is 34.8 Å². The van der Waals surface area contributed by atoms with Crippen molar-refractivity contribution in [1.82, 2.24) is 5.06 Å². The van der Waals surface area contributed by atoms with Crippen LogP contribution in [0.25, 0.3) is 10.4 Å². The minimum absolute atomic E-state index is 0.126. The largest absolute Gasteiger partial charge is 0.481 e. The zero-order valence-electron chi connectivity index (χ0n) is 15.4. The van der Waals surface area contributed by atoms with Gasteiger partial charge in [0, 0.05) is 42.5 Å². The maximum absolute atomic E-state index is 11.0. The number of imide groups is 1. The summed E-state index contributed by atoms with van der Waals surface area (Å²) >= 11 is 0. The van der Waals surface area contributed by atoms with E-state index in [9.17, 15) is 24.5 Å². The van der Waals surface area contributed by atoms with Crippen molar-refractivity contribution in [1.29, 1.82) is 0 Å². The monoisotopic (exact) mass is 408 g/mol. The van der Waals surface area contributed by atoms with E-state index in [1.807, 2.05) is 0 Å². The fraction of sp³-hybridized carbons (Fsp3) is 0.438. The van der Waals surface area contributed by atoms with Crippen molar-refractivity contribution in [2.45, 2.75) is 38.5 Å². The highest BCUT2D eigenvalue weighted by Crippen LogP contribution is 2.29. The molecule has 13 nitrogen and oxygen atoms in total. The number of nitro benzene ring substituents is 1. The number of anilines is 1. The molecule has 0 saturated carbocycles. The van der Waals surface area contributed by atoms with Gasteiger partial charge in [-0.15, -0.1) is 0 Å². The van der Waals surface area contributed by atoms with Crippen LogP contribution in [0.15, 0.2) is 23.3 Å². The molecule has 1 aliphatic heterocycles. The molecule has 2 rings (SSSR count). The van der Waals surface area contributed by atoms with E-state index in [0.29, 0.717) is 25.1 Å². The second-order valence-corrected chi connectivity index (χ2v) is 5.88. The maximum atomic E-state index is 11.0. The Labute approximate surface area is 164 Å². The maximum Gasteiger partial charge on any atom is 0.303 e. The summed E-state index contributed by atoms with van der Waals surface area (Å²) in [4.78, 5) is 43.8. The van der Waals surface area contributed by atoms with Crippen LogP contribution < -0.4 is 5.32 Å². The van der Waals surface area contributed by atoms with Crippen LogP contribution in [0, 0.1) is 10.1 Å². The third-order valence-electron chi connectivity index (χ3n) is 3.75. The average molecular weight is 408 g/mol. The second-order valence-electron chi connectivity index (χ2n) is 5.88. The molecule has 13 heteroatoms. The number of rotatable bonds is 9. The number of hydroxylamine groups is 2. The van der Waals surface area contributed by atoms with Crippen molar-refractivity contribution in [2.24, 2.45) is 5.11 Å². The first-order valence-corrected chi connectivity index (χ1v) is 8.60. The van der Waals surface area contributed by atoms with Gasteiger partial charge < -0.3 is 10.4 Å². The predicted molar refractivity (Wildman–Crippen MR) is 99.4 cm³/mol. The molecule has 0 unspecified atom stereocenters. The van der Waals surface area contributed by atoms with Gasteiger partial charge in [-0.3, -0.25) is 29.7 Å². The quantitative estimate of drug-likeness (QED) is 0.0808. The number of hydrogen-bond acceptors (Lipinski definition) is 8. The van der Waals surface area contributed by atoms with Gasteiger partial charge in [-0.2, -0.15) is 5.06 Å². The predicted octanol–water partition coefficient (Wildman–Crippen LogP) is 3.12. The first kappa shape index (κ1) is 23.3. The Morgan fingerprint density at radius 2 is 1.93 bits per heavy atom. The highest BCUT2D eigenvalue weighted by atomic mass is 16.6. The number of nitro groups is 1. The highest BCUT2D eigenvalue weighted by Gasteiger charge is 2.26. The average Bonchev–Trinajstić information content (AvgIpc) is 2.96. The molecule has 0 bridgehead atoms. The zero-order chi connectivity index (χ0) is 21.8. The van der Waals surface area contributed by atoms with E-state index in [-0.39, 0.29) is 35.7 Å². The molecular weight excluding hydrogens is 388 g/mol. The number of nitrogens with one attached hydrogen (secondary N) is 1. The summed E-state index contributed by atoms with van der Waals surface area (Å²) < 4.78 is 0. The normalized spacial score (nSPS) is 12.7. The Morgan fingerprint density at radius 1 is 1.28 bits per heavy atom. The summed E-state index contributed by atoms with van der Waals surface area (Å²) in [6.45, 7) is 0.501. The van der Waals surface area contributed by atoms with Crippen LogP contribution in [0.2, 0.25) is 0 Å². The number of azide groups is 1. The molecule has 0 atom stereocenters. The van der Waals surface area contributed by atoms with E-state index in [2.05, 4.69) is 15.3 Å². The lowest BCUT2D eigenvalue weighted by molar-refractivity contribution is -0.383. The van der Waals surface area contributed by atoms with Gasteiger partial charge >= 0.3 is 5.97 Å². The van der Waals surface area contributed by atoms with Crippen LogP contribution in [-0.4, -0.2) is 44.6 Å². The van der Waals surface area contributed by atoms with Gasteiger partial charge in [0.25, 0.3) is 17.5 Å². The van der Waals surface area contributed by atoms with E-state index in [4.69, 9.17) is 15.8 Å². The lowest BCUT2D eigenvalue weighted by Crippen LogP contribution is -2.24. The number of carboxylic acid groups (broad SMARTS) is 1. The van der Waals surface area contributed by atoms with Crippen LogP contribution in [0.4, 0.5) is 17.1 Å². The molecule has 1 heterocycles. The lowest BCUT2D eigenvalue weighted by atomic mass is 10.2. The number of amides is 2. The number of carbonyl (C=O) groups excluding carboxylic acids is 2. The number of hydrogen-bond donors (Lipinski definition) is 3. The topological polar surface area (TPSA) is 199 Å². The summed E-state index contributed by atoms with van der Waals surface area (Å²) in [6.07, 6.45) is 2.44. The Morgan fingerprint density at radius 3 is 2.41 bits per heavy atom. The van der Waals surface area contributed by atoms with E-state index in [0.717, 1.165) is 6.42 Å². The van der Waals surface area contributed by atoms with Gasteiger partial charge in [0.15, 0.2) is 0 Å². The fourth-order valence-electron chi connectivity index (χ4n) is 2.30. The third kappa shape index (κ3) is 8.24. The molecule has 29 heavy (non-hydrogen) atoms. The summed E-state index contributed by atoms with van der Waals surface area (Å²) in [5.41, 5.74) is 8.67. The van der Waals surface area contributed by atoms with E-state index in [1.165, 1.54) is 18.2 Å². The summed E-state index contributed by atoms with van der Waals surface area (Å²) in [6, 6.07) is 4.17. The van der Waals surface area contributed by atoms with Crippen molar-refractivity contribution in [2.75, 3.05) is 11.9 Å². The van der Waals surface area contributed by atoms with Crippen molar-refractivity contribution in [3.05, 3.63) is 38.8 Å². The molecule has 156 valence electrons. The molecule has 0 aliphatic carbocycles. The lowest BCUT2D eigenvalue weighted by Gasteiger charge is -2.07. The van der Waals surface area contributed by atoms with Crippen molar-refractivity contribution in [3.8, 4) is 0 Å². The first-order valence-electron chi connectivity index (χ1n) is 8.60. The fourth-order valence-corrected chi connectivity index (χ4v) is 2.30. The van der Waals surface area contributed by atoms with Crippen LogP contribution in [-0.2, 0) is 14.4 Å². The van der Waals surface area contributed by atoms with Crippen LogP contribution in [0.5, 0.6) is 0 Å². The Kier molecular flexibility index (Phi) is 9.57. The minimum Gasteiger partial charge on any atom is -0.481 e. The molecule has 0 radical (unpaired) electrons. The van der Waals surface area contributed by atoms with Crippen LogP contribution in [0.3, 0.4) is 0 Å². The van der Waals surface area contributed by atoms with Crippen molar-refractivity contribution in [3.63, 3.8) is 0 Å². The molecule has 1 saturated heterocycles. The third-order valence-corrected chi connectivity index (χ3v) is 3.75. The number of carboxylic acids is 1. The first-order chi connectivity index (χ1) is 13.8.